The van der Waals surface area contributed by atoms with Gasteiger partial charge in [0.25, 0.3) is 0 Å². The van der Waals surface area contributed by atoms with Crippen LogP contribution in [0.25, 0.3) is 0 Å². The maximum Gasteiger partial charge on any atom is 0.231 e. The van der Waals surface area contributed by atoms with Crippen LogP contribution >= 0.6 is 0 Å². The highest BCUT2D eigenvalue weighted by Gasteiger charge is 2.25. The summed E-state index contributed by atoms with van der Waals surface area (Å²) in [5.41, 5.74) is 1.03. The SMILES string of the molecule is Fc1c(F)c(F)c(NN=Cc2ccc3c(c2)OCO3)c(F)c1F. The van der Waals surface area contributed by atoms with Crippen molar-refractivity contribution in [1.82, 2.24) is 0 Å². The van der Waals surface area contributed by atoms with Crippen LogP contribution in [0.1, 0.15) is 5.56 Å². The van der Waals surface area contributed by atoms with Crippen molar-refractivity contribution in [2.75, 3.05) is 12.2 Å². The zero-order valence-corrected chi connectivity index (χ0v) is 11.2. The van der Waals surface area contributed by atoms with Gasteiger partial charge in [0, 0.05) is 0 Å². The van der Waals surface area contributed by atoms with Crippen molar-refractivity contribution in [1.29, 1.82) is 0 Å². The number of ether oxygens (including phenoxy) is 2. The quantitative estimate of drug-likeness (QED) is 0.308. The smallest absolute Gasteiger partial charge is 0.231 e. The van der Waals surface area contributed by atoms with Crippen LogP contribution in [0.3, 0.4) is 0 Å². The third-order valence-corrected chi connectivity index (χ3v) is 3.00. The van der Waals surface area contributed by atoms with Crippen molar-refractivity contribution in [2.24, 2.45) is 5.10 Å². The van der Waals surface area contributed by atoms with Crippen molar-refractivity contribution in [3.63, 3.8) is 0 Å². The average molecular weight is 330 g/mol. The van der Waals surface area contributed by atoms with Gasteiger partial charge < -0.3 is 9.47 Å². The van der Waals surface area contributed by atoms with Crippen LogP contribution in [0, 0.1) is 29.1 Å². The van der Waals surface area contributed by atoms with E-state index in [9.17, 15) is 22.0 Å². The number of anilines is 1. The highest BCUT2D eigenvalue weighted by atomic mass is 19.2. The first-order chi connectivity index (χ1) is 11.0. The second-order valence-corrected chi connectivity index (χ2v) is 4.43. The van der Waals surface area contributed by atoms with Gasteiger partial charge in [-0.15, -0.1) is 0 Å². The van der Waals surface area contributed by atoms with Gasteiger partial charge in [0.1, 0.15) is 5.69 Å². The number of nitrogens with one attached hydrogen (secondary N) is 1. The Morgan fingerprint density at radius 1 is 0.870 bits per heavy atom. The molecule has 2 aromatic carbocycles. The number of halogens is 5. The zero-order chi connectivity index (χ0) is 16.6. The van der Waals surface area contributed by atoms with Crippen LogP contribution in [-0.4, -0.2) is 13.0 Å². The van der Waals surface area contributed by atoms with E-state index in [2.05, 4.69) is 5.10 Å². The second-order valence-electron chi connectivity index (χ2n) is 4.43. The van der Waals surface area contributed by atoms with E-state index in [-0.39, 0.29) is 6.79 Å². The van der Waals surface area contributed by atoms with Crippen LogP contribution < -0.4 is 14.9 Å². The van der Waals surface area contributed by atoms with Gasteiger partial charge in [0.05, 0.1) is 6.21 Å². The minimum atomic E-state index is -2.23. The maximum atomic E-state index is 13.4. The van der Waals surface area contributed by atoms with Crippen molar-refractivity contribution >= 4 is 11.9 Å². The molecule has 0 amide bonds. The number of fused-ring (bicyclic) bond motifs is 1. The molecule has 23 heavy (non-hydrogen) atoms. The maximum absolute atomic E-state index is 13.4. The van der Waals surface area contributed by atoms with Crippen molar-refractivity contribution in [3.8, 4) is 11.5 Å². The molecular weight excluding hydrogens is 323 g/mol. The van der Waals surface area contributed by atoms with Gasteiger partial charge >= 0.3 is 0 Å². The predicted molar refractivity (Wildman–Crippen MR) is 70.0 cm³/mol. The lowest BCUT2D eigenvalue weighted by atomic mass is 10.2. The van der Waals surface area contributed by atoms with E-state index in [1.54, 1.807) is 12.1 Å². The number of benzene rings is 2. The largest absolute Gasteiger partial charge is 0.454 e. The molecule has 0 fully saturated rings. The van der Waals surface area contributed by atoms with Crippen LogP contribution in [0.4, 0.5) is 27.6 Å². The molecule has 0 radical (unpaired) electrons. The summed E-state index contributed by atoms with van der Waals surface area (Å²) in [5, 5.41) is 3.46. The molecule has 0 aliphatic carbocycles. The zero-order valence-electron chi connectivity index (χ0n) is 11.2. The van der Waals surface area contributed by atoms with Gasteiger partial charge in [-0.2, -0.15) is 5.10 Å². The Morgan fingerprint density at radius 3 is 2.17 bits per heavy atom. The monoisotopic (exact) mass is 330 g/mol. The van der Waals surface area contributed by atoms with Gasteiger partial charge in [-0.1, -0.05) is 0 Å². The van der Waals surface area contributed by atoms with E-state index >= 15 is 0 Å². The third-order valence-electron chi connectivity index (χ3n) is 3.00. The van der Waals surface area contributed by atoms with E-state index in [1.807, 2.05) is 5.43 Å². The molecule has 1 aliphatic heterocycles. The Kier molecular flexibility index (Phi) is 3.77. The molecule has 0 saturated heterocycles. The number of hydrogen-bond donors (Lipinski definition) is 1. The lowest BCUT2D eigenvalue weighted by Gasteiger charge is -2.07. The molecule has 2 aromatic rings. The molecule has 0 spiro atoms. The van der Waals surface area contributed by atoms with Gasteiger partial charge in [0.15, 0.2) is 34.8 Å². The fourth-order valence-corrected chi connectivity index (χ4v) is 1.87. The Balaban J connectivity index is 1.83. The summed E-state index contributed by atoms with van der Waals surface area (Å²) in [6, 6.07) is 4.69. The minimum absolute atomic E-state index is 0.0682. The van der Waals surface area contributed by atoms with Crippen LogP contribution in [-0.2, 0) is 0 Å². The molecule has 1 heterocycles. The van der Waals surface area contributed by atoms with E-state index in [0.717, 1.165) is 6.21 Å². The van der Waals surface area contributed by atoms with Crippen LogP contribution in [0.15, 0.2) is 23.3 Å². The first kappa shape index (κ1) is 15.1. The summed E-state index contributed by atoms with van der Waals surface area (Å²) in [6.07, 6.45) is 1.13. The van der Waals surface area contributed by atoms with E-state index < -0.39 is 34.8 Å². The number of hydrazone groups is 1. The Morgan fingerprint density at radius 2 is 1.48 bits per heavy atom. The minimum Gasteiger partial charge on any atom is -0.454 e. The molecule has 0 unspecified atom stereocenters. The standard InChI is InChI=1S/C14H7F5N2O2/c15-9-10(16)12(18)14(13(19)11(9)17)21-20-4-6-1-2-7-8(3-6)23-5-22-7/h1-4,21H,5H2. The highest BCUT2D eigenvalue weighted by molar-refractivity contribution is 5.81. The van der Waals surface area contributed by atoms with Crippen molar-refractivity contribution < 1.29 is 31.4 Å². The van der Waals surface area contributed by atoms with Crippen LogP contribution in [0.2, 0.25) is 0 Å². The molecule has 0 bridgehead atoms. The van der Waals surface area contributed by atoms with Crippen molar-refractivity contribution in [2.45, 2.75) is 0 Å². The molecular formula is C14H7F5N2O2. The van der Waals surface area contributed by atoms with E-state index in [4.69, 9.17) is 9.47 Å². The van der Waals surface area contributed by atoms with E-state index in [0.29, 0.717) is 17.1 Å². The number of rotatable bonds is 3. The van der Waals surface area contributed by atoms with Crippen molar-refractivity contribution in [3.05, 3.63) is 52.8 Å². The lowest BCUT2D eigenvalue weighted by molar-refractivity contribution is 0.174. The molecule has 4 nitrogen and oxygen atoms in total. The number of nitrogens with zero attached hydrogens (tertiary/aromatic N) is 1. The molecule has 0 saturated carbocycles. The van der Waals surface area contributed by atoms with Crippen LogP contribution in [0.5, 0.6) is 11.5 Å². The fraction of sp³-hybridized carbons (Fsp3) is 0.0714. The Labute approximate surface area is 126 Å². The summed E-state index contributed by atoms with van der Waals surface area (Å²) in [7, 11) is 0. The fourth-order valence-electron chi connectivity index (χ4n) is 1.87. The molecule has 3 rings (SSSR count). The molecule has 0 atom stereocenters. The molecule has 0 aromatic heterocycles. The van der Waals surface area contributed by atoms with E-state index in [1.165, 1.54) is 6.07 Å². The summed E-state index contributed by atoms with van der Waals surface area (Å²) in [5.74, 6) is -9.35. The number of hydrogen-bond acceptors (Lipinski definition) is 4. The molecule has 1 aliphatic rings. The average Bonchev–Trinajstić information content (AvgIpc) is 3.02. The molecule has 9 heteroatoms. The highest BCUT2D eigenvalue weighted by Crippen LogP contribution is 2.32. The Hall–Kier alpha value is -2.84. The summed E-state index contributed by atoms with van der Waals surface area (Å²) >= 11 is 0. The normalized spacial score (nSPS) is 12.9. The first-order valence-corrected chi connectivity index (χ1v) is 6.19. The van der Waals surface area contributed by atoms with Gasteiger partial charge in [0.2, 0.25) is 12.6 Å². The van der Waals surface area contributed by atoms with Gasteiger partial charge in [-0.05, 0) is 23.8 Å². The third kappa shape index (κ3) is 2.65. The first-order valence-electron chi connectivity index (χ1n) is 6.19. The topological polar surface area (TPSA) is 42.9 Å². The summed E-state index contributed by atoms with van der Waals surface area (Å²) < 4.78 is 76.0. The summed E-state index contributed by atoms with van der Waals surface area (Å²) in [6.45, 7) is 0.0682. The second kappa shape index (κ2) is 5.75. The van der Waals surface area contributed by atoms with Gasteiger partial charge in [-0.3, -0.25) is 5.43 Å². The molecule has 120 valence electrons. The van der Waals surface area contributed by atoms with Gasteiger partial charge in [-0.25, -0.2) is 22.0 Å². The predicted octanol–water partition coefficient (Wildman–Crippen LogP) is 3.56. The Bertz CT molecular complexity index is 781. The summed E-state index contributed by atoms with van der Waals surface area (Å²) in [4.78, 5) is 0. The lowest BCUT2D eigenvalue weighted by Crippen LogP contribution is -2.06. The molecule has 1 N–H and O–H groups in total.